The fraction of sp³-hybridized carbons (Fsp3) is 0.516. The number of anilines is 1. The van der Waals surface area contributed by atoms with Crippen LogP contribution in [0.25, 0.3) is 0 Å². The predicted molar refractivity (Wildman–Crippen MR) is 151 cm³/mol. The third kappa shape index (κ3) is 7.36. The molecule has 1 saturated carbocycles. The Hall–Kier alpha value is -3.35. The Kier molecular flexibility index (Phi) is 9.23. The van der Waals surface area contributed by atoms with E-state index in [0.29, 0.717) is 6.42 Å². The van der Waals surface area contributed by atoms with Gasteiger partial charge in [0, 0.05) is 11.7 Å². The van der Waals surface area contributed by atoms with Crippen LogP contribution in [0.4, 0.5) is 10.5 Å². The Balaban J connectivity index is 2.02. The van der Waals surface area contributed by atoms with Gasteiger partial charge in [0.15, 0.2) is 0 Å². The van der Waals surface area contributed by atoms with E-state index in [0.717, 1.165) is 40.8 Å². The van der Waals surface area contributed by atoms with E-state index in [-0.39, 0.29) is 23.8 Å². The van der Waals surface area contributed by atoms with Crippen LogP contribution in [0.5, 0.6) is 0 Å². The van der Waals surface area contributed by atoms with Gasteiger partial charge in [0.25, 0.3) is 5.91 Å². The maximum atomic E-state index is 14.3. The van der Waals surface area contributed by atoms with Crippen molar-refractivity contribution in [3.8, 4) is 0 Å². The first kappa shape index (κ1) is 29.2. The molecule has 1 aliphatic rings. The zero-order valence-corrected chi connectivity index (χ0v) is 24.1. The number of rotatable bonds is 9. The summed E-state index contributed by atoms with van der Waals surface area (Å²) in [5, 5.41) is 5.94. The summed E-state index contributed by atoms with van der Waals surface area (Å²) in [4.78, 5) is 42.8. The molecule has 206 valence electrons. The Morgan fingerprint density at radius 2 is 1.58 bits per heavy atom. The second-order valence-corrected chi connectivity index (χ2v) is 11.6. The summed E-state index contributed by atoms with van der Waals surface area (Å²) in [5.74, 6) is -0.696. The normalized spacial score (nSPS) is 15.7. The number of amides is 3. The second kappa shape index (κ2) is 12.0. The second-order valence-electron chi connectivity index (χ2n) is 11.6. The lowest BCUT2D eigenvalue weighted by Gasteiger charge is -2.36. The summed E-state index contributed by atoms with van der Waals surface area (Å²) in [7, 11) is 0. The molecule has 1 fully saturated rings. The van der Waals surface area contributed by atoms with Crippen molar-refractivity contribution in [2.45, 2.75) is 98.4 Å². The Labute approximate surface area is 227 Å². The van der Waals surface area contributed by atoms with Crippen LogP contribution < -0.4 is 10.6 Å². The molecule has 0 heterocycles. The van der Waals surface area contributed by atoms with E-state index < -0.39 is 23.8 Å². The number of nitrogens with zero attached hydrogens (tertiary/aromatic N) is 1. The van der Waals surface area contributed by atoms with E-state index in [4.69, 9.17) is 4.74 Å². The first-order chi connectivity index (χ1) is 17.8. The molecule has 7 nitrogen and oxygen atoms in total. The molecule has 2 aromatic carbocycles. The number of hydrogen-bond donors (Lipinski definition) is 2. The summed E-state index contributed by atoms with van der Waals surface area (Å²) in [5.41, 5.74) is 3.77. The molecular formula is C31H43N3O4. The third-order valence-electron chi connectivity index (χ3n) is 6.99. The zero-order valence-electron chi connectivity index (χ0n) is 24.1. The van der Waals surface area contributed by atoms with E-state index in [1.165, 1.54) is 0 Å². The number of aryl methyl sites for hydroxylation is 3. The van der Waals surface area contributed by atoms with E-state index in [1.54, 1.807) is 25.7 Å². The zero-order chi connectivity index (χ0) is 28.2. The molecule has 3 atom stereocenters. The van der Waals surface area contributed by atoms with Crippen molar-refractivity contribution >= 4 is 23.6 Å². The summed E-state index contributed by atoms with van der Waals surface area (Å²) in [6, 6.07) is 11.8. The molecule has 0 spiro atoms. The molecule has 0 aliphatic heterocycles. The molecule has 7 heteroatoms. The van der Waals surface area contributed by atoms with Crippen molar-refractivity contribution in [2.75, 3.05) is 5.32 Å². The third-order valence-corrected chi connectivity index (χ3v) is 6.99. The fourth-order valence-corrected chi connectivity index (χ4v) is 4.54. The van der Waals surface area contributed by atoms with Crippen LogP contribution in [0.2, 0.25) is 0 Å². The van der Waals surface area contributed by atoms with E-state index in [9.17, 15) is 14.4 Å². The Morgan fingerprint density at radius 1 is 1.00 bits per heavy atom. The lowest BCUT2D eigenvalue weighted by atomic mass is 9.95. The van der Waals surface area contributed by atoms with Crippen LogP contribution in [0.3, 0.4) is 0 Å². The fourth-order valence-electron chi connectivity index (χ4n) is 4.54. The minimum absolute atomic E-state index is 0.0792. The lowest BCUT2D eigenvalue weighted by molar-refractivity contribution is -0.142. The molecule has 0 radical (unpaired) electrons. The minimum atomic E-state index is -0.846. The van der Waals surface area contributed by atoms with Gasteiger partial charge in [-0.1, -0.05) is 68.3 Å². The minimum Gasteiger partial charge on any atom is -0.444 e. The molecule has 3 unspecified atom stereocenters. The number of nitrogens with one attached hydrogen (secondary N) is 2. The number of benzene rings is 2. The van der Waals surface area contributed by atoms with Crippen molar-refractivity contribution < 1.29 is 19.1 Å². The summed E-state index contributed by atoms with van der Waals surface area (Å²) in [6.07, 6.45) is 1.65. The first-order valence-corrected chi connectivity index (χ1v) is 13.6. The molecule has 0 aromatic heterocycles. The van der Waals surface area contributed by atoms with Crippen molar-refractivity contribution in [1.29, 1.82) is 0 Å². The van der Waals surface area contributed by atoms with Gasteiger partial charge in [0.05, 0.1) is 0 Å². The number of carbonyl (C=O) groups is 3. The largest absolute Gasteiger partial charge is 0.444 e. The van der Waals surface area contributed by atoms with Crippen LogP contribution in [0.15, 0.2) is 42.5 Å². The Bertz CT molecular complexity index is 1130. The van der Waals surface area contributed by atoms with Gasteiger partial charge in [-0.3, -0.25) is 9.59 Å². The molecule has 38 heavy (non-hydrogen) atoms. The van der Waals surface area contributed by atoms with Crippen LogP contribution in [-0.4, -0.2) is 40.5 Å². The summed E-state index contributed by atoms with van der Waals surface area (Å²) < 4.78 is 5.48. The monoisotopic (exact) mass is 521 g/mol. The molecule has 3 amide bonds. The van der Waals surface area contributed by atoms with Crippen molar-refractivity contribution in [2.24, 2.45) is 5.92 Å². The average Bonchev–Trinajstić information content (AvgIpc) is 3.67. The quantitative estimate of drug-likeness (QED) is 0.410. The van der Waals surface area contributed by atoms with Gasteiger partial charge in [0.1, 0.15) is 17.7 Å². The van der Waals surface area contributed by atoms with Gasteiger partial charge in [-0.05, 0) is 77.0 Å². The van der Waals surface area contributed by atoms with Crippen molar-refractivity contribution in [1.82, 2.24) is 10.2 Å². The van der Waals surface area contributed by atoms with Gasteiger partial charge in [-0.2, -0.15) is 0 Å². The maximum Gasteiger partial charge on any atom is 0.408 e. The first-order valence-electron chi connectivity index (χ1n) is 13.6. The summed E-state index contributed by atoms with van der Waals surface area (Å²) >= 11 is 0. The molecule has 3 rings (SSSR count). The van der Waals surface area contributed by atoms with Crippen LogP contribution in [0.1, 0.15) is 82.2 Å². The van der Waals surface area contributed by atoms with E-state index >= 15 is 0 Å². The van der Waals surface area contributed by atoms with Crippen molar-refractivity contribution in [3.05, 3.63) is 64.7 Å². The van der Waals surface area contributed by atoms with Crippen LogP contribution in [-0.2, 0) is 14.3 Å². The molecule has 1 aliphatic carbocycles. The van der Waals surface area contributed by atoms with Gasteiger partial charge in [-0.25, -0.2) is 4.79 Å². The number of alkyl carbamates (subject to hydrolysis) is 1. The molecule has 0 saturated heterocycles. The number of carbonyl (C=O) groups excluding carboxylic acids is 3. The molecule has 2 aromatic rings. The number of ether oxygens (including phenoxy) is 1. The maximum absolute atomic E-state index is 14.3. The average molecular weight is 522 g/mol. The van der Waals surface area contributed by atoms with Crippen molar-refractivity contribution in [3.63, 3.8) is 0 Å². The predicted octanol–water partition coefficient (Wildman–Crippen LogP) is 6.22. The highest BCUT2D eigenvalue weighted by molar-refractivity contribution is 6.00. The van der Waals surface area contributed by atoms with Gasteiger partial charge < -0.3 is 20.3 Å². The highest BCUT2D eigenvalue weighted by atomic mass is 16.6. The standard InChI is InChI=1S/C31H43N3O4/c1-9-20(3)26(33-30(37)38-31(6,7)8)29(36)34(24-17-18-24)27(23-15-13-19(2)14-16-23)28(35)32-25-21(4)11-10-12-22(25)5/h10-16,20,24,26-27H,9,17-18H2,1-8H3,(H,32,35)(H,33,37). The van der Waals surface area contributed by atoms with Gasteiger partial charge >= 0.3 is 6.09 Å². The van der Waals surface area contributed by atoms with Gasteiger partial charge in [-0.15, -0.1) is 0 Å². The van der Waals surface area contributed by atoms with Crippen LogP contribution >= 0.6 is 0 Å². The smallest absolute Gasteiger partial charge is 0.408 e. The lowest BCUT2D eigenvalue weighted by Crippen LogP contribution is -2.55. The van der Waals surface area contributed by atoms with Gasteiger partial charge in [0.2, 0.25) is 5.91 Å². The number of para-hydroxylation sites is 1. The molecular weight excluding hydrogens is 478 g/mol. The molecule has 2 N–H and O–H groups in total. The molecule has 0 bridgehead atoms. The Morgan fingerprint density at radius 3 is 2.08 bits per heavy atom. The van der Waals surface area contributed by atoms with E-state index in [1.807, 2.05) is 77.1 Å². The highest BCUT2D eigenvalue weighted by Crippen LogP contribution is 2.37. The topological polar surface area (TPSA) is 87.7 Å². The number of hydrogen-bond acceptors (Lipinski definition) is 4. The van der Waals surface area contributed by atoms with E-state index in [2.05, 4.69) is 10.6 Å². The van der Waals surface area contributed by atoms with Crippen LogP contribution in [0, 0.1) is 26.7 Å². The summed E-state index contributed by atoms with van der Waals surface area (Å²) in [6.45, 7) is 15.2. The SMILES string of the molecule is CCC(C)C(NC(=O)OC(C)(C)C)C(=O)N(C1CC1)C(C(=O)Nc1c(C)cccc1C)c1ccc(C)cc1. The highest BCUT2D eigenvalue weighted by Gasteiger charge is 2.45.